The first kappa shape index (κ1) is 31.0. The van der Waals surface area contributed by atoms with Gasteiger partial charge < -0.3 is 14.5 Å². The summed E-state index contributed by atoms with van der Waals surface area (Å²) in [5, 5.41) is 10.4. The van der Waals surface area contributed by atoms with E-state index in [2.05, 4.69) is 115 Å². The molecular weight excluding hydrogens is 639 g/mol. The van der Waals surface area contributed by atoms with Crippen molar-refractivity contribution in [2.45, 2.75) is 99.3 Å². The van der Waals surface area contributed by atoms with Crippen molar-refractivity contribution in [1.29, 1.82) is 0 Å². The van der Waals surface area contributed by atoms with Crippen molar-refractivity contribution >= 4 is 32.5 Å². The third-order valence-corrected chi connectivity index (χ3v) is 13.7. The van der Waals surface area contributed by atoms with Gasteiger partial charge in [-0.3, -0.25) is 9.97 Å². The number of furan rings is 1. The summed E-state index contributed by atoms with van der Waals surface area (Å²) in [6.45, 7) is 0. The molecule has 3 aromatic heterocycles. The van der Waals surface area contributed by atoms with Gasteiger partial charge in [0.05, 0.1) is 29.0 Å². The second-order valence-corrected chi connectivity index (χ2v) is 16.1. The van der Waals surface area contributed by atoms with E-state index in [1.54, 1.807) is 0 Å². The van der Waals surface area contributed by atoms with Gasteiger partial charge in [0, 0.05) is 40.6 Å². The minimum atomic E-state index is -0.835. The van der Waals surface area contributed by atoms with Gasteiger partial charge in [-0.15, -0.1) is 0 Å². The fourth-order valence-corrected chi connectivity index (χ4v) is 11.7. The summed E-state index contributed by atoms with van der Waals surface area (Å²) >= 11 is 0. The fraction of sp³-hybridized carbons (Fsp3) is 0.362. The van der Waals surface area contributed by atoms with Gasteiger partial charge in [-0.2, -0.15) is 0 Å². The van der Waals surface area contributed by atoms with Crippen LogP contribution in [0.2, 0.25) is 0 Å². The van der Waals surface area contributed by atoms with E-state index >= 15 is 0 Å². The molecular formula is C47H45N3O2. The normalized spacial score (nSPS) is 31.5. The minimum absolute atomic E-state index is 0.0501. The number of aromatic nitrogens is 2. The Labute approximate surface area is 305 Å². The molecule has 7 atom stereocenters. The van der Waals surface area contributed by atoms with E-state index in [1.165, 1.54) is 64.8 Å². The summed E-state index contributed by atoms with van der Waals surface area (Å²) in [6.07, 6.45) is 20.2. The highest BCUT2D eigenvalue weighted by atomic mass is 16.5. The quantitative estimate of drug-likeness (QED) is 0.200. The zero-order valence-electron chi connectivity index (χ0n) is 29.6. The lowest BCUT2D eigenvalue weighted by molar-refractivity contribution is -0.00182. The van der Waals surface area contributed by atoms with Gasteiger partial charge in [0.1, 0.15) is 16.8 Å². The van der Waals surface area contributed by atoms with E-state index in [0.29, 0.717) is 6.04 Å². The van der Waals surface area contributed by atoms with Gasteiger partial charge in [-0.05, 0) is 103 Å². The predicted molar refractivity (Wildman–Crippen MR) is 207 cm³/mol. The summed E-state index contributed by atoms with van der Waals surface area (Å²) in [6, 6.07) is 33.6. The van der Waals surface area contributed by atoms with Gasteiger partial charge in [0.25, 0.3) is 0 Å². The molecule has 5 aliphatic rings. The topological polar surface area (TPSA) is 60.2 Å². The van der Waals surface area contributed by atoms with Crippen molar-refractivity contribution < 1.29 is 9.15 Å². The highest BCUT2D eigenvalue weighted by Crippen LogP contribution is 2.66. The number of hydrogen-bond donors (Lipinski definition) is 1. The van der Waals surface area contributed by atoms with Crippen molar-refractivity contribution in [1.82, 2.24) is 15.3 Å². The molecule has 0 radical (unpaired) electrons. The number of para-hydroxylation sites is 1. The van der Waals surface area contributed by atoms with Crippen LogP contribution < -0.4 is 5.32 Å². The Morgan fingerprint density at radius 3 is 2.23 bits per heavy atom. The third kappa shape index (κ3) is 4.30. The molecule has 5 heterocycles. The zero-order valence-corrected chi connectivity index (χ0v) is 29.6. The molecule has 6 aromatic rings. The molecule has 3 fully saturated rings. The van der Waals surface area contributed by atoms with Crippen LogP contribution in [0.25, 0.3) is 32.5 Å². The lowest BCUT2D eigenvalue weighted by Crippen LogP contribution is -2.68. The smallest absolute Gasteiger partial charge is 0.134 e. The Morgan fingerprint density at radius 1 is 0.673 bits per heavy atom. The Kier molecular flexibility index (Phi) is 7.14. The van der Waals surface area contributed by atoms with Gasteiger partial charge in [0.15, 0.2) is 0 Å². The van der Waals surface area contributed by atoms with E-state index in [1.807, 2.05) is 6.20 Å². The number of nitrogens with one attached hydrogen (secondary N) is 1. The molecule has 1 N–H and O–H groups in total. The Balaban J connectivity index is 1.35. The van der Waals surface area contributed by atoms with Gasteiger partial charge in [-0.25, -0.2) is 0 Å². The van der Waals surface area contributed by atoms with Gasteiger partial charge >= 0.3 is 0 Å². The molecule has 1 saturated heterocycles. The van der Waals surface area contributed by atoms with Crippen LogP contribution in [0.15, 0.2) is 131 Å². The first-order valence-electron chi connectivity index (χ1n) is 19.8. The van der Waals surface area contributed by atoms with Crippen molar-refractivity contribution in [3.8, 4) is 0 Å². The van der Waals surface area contributed by atoms with Crippen molar-refractivity contribution in [3.05, 3.63) is 144 Å². The number of fused-ring (bicyclic) bond motifs is 6. The first-order chi connectivity index (χ1) is 25.8. The number of piperidine rings is 1. The standard InChI is InChI=1S/C47H45N3O2/c1-5-15-34-30(11-1)24-27-48-44(34)46(41-22-21-32-13-3-8-18-37(32)50-41)26-23-40-43(36-17-7-10-20-39(36)51-40)47(46,42-29-33-14-4-9-19-38(33)52-42)45-35-16-6-2-12-31(35)25-28-49-45/h1-2,4-7,9,11-12,14-17,19,24-25,27-29,32,37,39-41,50H,3,8,10,13,18,20-23,26H2. The maximum atomic E-state index is 7.38. The lowest BCUT2D eigenvalue weighted by Gasteiger charge is -2.60. The SMILES string of the molecule is C1=CC2=C3C(CCC(c4nccc5ccccc45)(C4CCC5CCCCC5N4)C3(c3cc4ccccc4o3)c3nccc4ccccc34)OC2CC1. The Bertz CT molecular complexity index is 2370. The molecule has 2 saturated carbocycles. The summed E-state index contributed by atoms with van der Waals surface area (Å²) in [4.78, 5) is 11.2. The van der Waals surface area contributed by atoms with E-state index in [4.69, 9.17) is 19.1 Å². The molecule has 0 bridgehead atoms. The zero-order chi connectivity index (χ0) is 34.3. The number of rotatable bonds is 4. The van der Waals surface area contributed by atoms with E-state index in [0.717, 1.165) is 66.1 Å². The van der Waals surface area contributed by atoms with Crippen LogP contribution in [0.1, 0.15) is 81.4 Å². The van der Waals surface area contributed by atoms with Crippen molar-refractivity contribution in [2.75, 3.05) is 0 Å². The predicted octanol–water partition coefficient (Wildman–Crippen LogP) is 10.3. The first-order valence-corrected chi connectivity index (χ1v) is 19.8. The second kappa shape index (κ2) is 12.0. The third-order valence-electron chi connectivity index (χ3n) is 13.7. The number of ether oxygens (including phenoxy) is 1. The summed E-state index contributed by atoms with van der Waals surface area (Å²) in [5.74, 6) is 1.67. The average Bonchev–Trinajstić information content (AvgIpc) is 3.82. The van der Waals surface area contributed by atoms with Gasteiger partial charge in [0.2, 0.25) is 0 Å². The number of benzene rings is 3. The summed E-state index contributed by atoms with van der Waals surface area (Å²) in [7, 11) is 0. The largest absolute Gasteiger partial charge is 0.460 e. The average molecular weight is 684 g/mol. The van der Waals surface area contributed by atoms with Crippen LogP contribution in [0.4, 0.5) is 0 Å². The lowest BCUT2D eigenvalue weighted by atomic mass is 9.44. The van der Waals surface area contributed by atoms with E-state index in [-0.39, 0.29) is 18.2 Å². The Morgan fingerprint density at radius 2 is 1.40 bits per heavy atom. The van der Waals surface area contributed by atoms with Gasteiger partial charge in [-0.1, -0.05) is 91.7 Å². The van der Waals surface area contributed by atoms with Crippen LogP contribution in [-0.2, 0) is 15.6 Å². The number of pyridine rings is 2. The number of allylic oxidation sites excluding steroid dienone is 1. The maximum absolute atomic E-state index is 7.38. The molecule has 0 amide bonds. The maximum Gasteiger partial charge on any atom is 0.134 e. The molecule has 260 valence electrons. The molecule has 5 nitrogen and oxygen atoms in total. The molecule has 0 spiro atoms. The van der Waals surface area contributed by atoms with Crippen LogP contribution in [-0.4, -0.2) is 34.3 Å². The summed E-state index contributed by atoms with van der Waals surface area (Å²) < 4.78 is 14.6. The molecule has 52 heavy (non-hydrogen) atoms. The summed E-state index contributed by atoms with van der Waals surface area (Å²) in [5.41, 5.74) is 4.38. The molecule has 3 aliphatic carbocycles. The van der Waals surface area contributed by atoms with Crippen LogP contribution >= 0.6 is 0 Å². The van der Waals surface area contributed by atoms with Crippen LogP contribution in [0.3, 0.4) is 0 Å². The van der Waals surface area contributed by atoms with Crippen molar-refractivity contribution in [2.24, 2.45) is 5.92 Å². The van der Waals surface area contributed by atoms with Crippen LogP contribution in [0, 0.1) is 5.92 Å². The highest BCUT2D eigenvalue weighted by molar-refractivity contribution is 5.90. The number of hydrogen-bond acceptors (Lipinski definition) is 5. The van der Waals surface area contributed by atoms with Crippen molar-refractivity contribution in [3.63, 3.8) is 0 Å². The van der Waals surface area contributed by atoms with Crippen LogP contribution in [0.5, 0.6) is 0 Å². The highest BCUT2D eigenvalue weighted by Gasteiger charge is 2.69. The molecule has 11 rings (SSSR count). The monoisotopic (exact) mass is 683 g/mol. The Hall–Kier alpha value is -4.58. The molecule has 7 unspecified atom stereocenters. The molecule has 2 aliphatic heterocycles. The molecule has 3 aromatic carbocycles. The molecule has 5 heteroatoms. The second-order valence-electron chi connectivity index (χ2n) is 16.1. The van der Waals surface area contributed by atoms with E-state index in [9.17, 15) is 0 Å². The van der Waals surface area contributed by atoms with E-state index < -0.39 is 10.8 Å². The minimum Gasteiger partial charge on any atom is -0.460 e. The number of nitrogens with zero attached hydrogens (tertiary/aromatic N) is 2. The fourth-order valence-electron chi connectivity index (χ4n) is 11.7.